The number of ether oxygens (including phenoxy) is 1. The molecule has 0 spiro atoms. The van der Waals surface area contributed by atoms with E-state index in [9.17, 15) is 0 Å². The third-order valence-corrected chi connectivity index (χ3v) is 2.58. The Hall–Kier alpha value is -0.0800. The van der Waals surface area contributed by atoms with Gasteiger partial charge in [0.1, 0.15) is 0 Å². The molecule has 0 bridgehead atoms. The molecule has 0 saturated carbocycles. The smallest absolute Gasteiger partial charge is 0.0632 e. The first kappa shape index (κ1) is 6.62. The van der Waals surface area contributed by atoms with E-state index in [2.05, 4.69) is 12.2 Å². The molecule has 2 nitrogen and oxygen atoms in total. The van der Waals surface area contributed by atoms with Gasteiger partial charge in [-0.1, -0.05) is 0 Å². The van der Waals surface area contributed by atoms with Gasteiger partial charge in [-0.05, 0) is 26.3 Å². The zero-order chi connectivity index (χ0) is 6.97. The maximum absolute atomic E-state index is 5.73. The summed E-state index contributed by atoms with van der Waals surface area (Å²) in [4.78, 5) is 0. The van der Waals surface area contributed by atoms with Gasteiger partial charge in [0, 0.05) is 12.5 Å². The summed E-state index contributed by atoms with van der Waals surface area (Å²) in [5, 5.41) is 3.40. The van der Waals surface area contributed by atoms with Gasteiger partial charge in [-0.15, -0.1) is 0 Å². The van der Waals surface area contributed by atoms with Gasteiger partial charge in [-0.25, -0.2) is 0 Å². The average molecular weight is 141 g/mol. The molecular weight excluding hydrogens is 126 g/mol. The molecule has 3 atom stereocenters. The van der Waals surface area contributed by atoms with Crippen LogP contribution in [0.4, 0.5) is 0 Å². The van der Waals surface area contributed by atoms with Crippen molar-refractivity contribution in [2.45, 2.75) is 32.0 Å². The standard InChI is InChI=1S/C8H15NO/c1-6-4-7-5-9-3-2-8(7)10-6/h6-9H,2-5H2,1H3/t6-,7-,8-/m1/s1. The molecule has 2 aliphatic rings. The van der Waals surface area contributed by atoms with E-state index in [1.54, 1.807) is 0 Å². The van der Waals surface area contributed by atoms with Crippen LogP contribution in [0.25, 0.3) is 0 Å². The molecule has 0 aromatic heterocycles. The first-order chi connectivity index (χ1) is 4.86. The Morgan fingerprint density at radius 3 is 3.20 bits per heavy atom. The Bertz CT molecular complexity index is 112. The van der Waals surface area contributed by atoms with E-state index in [0.717, 1.165) is 12.5 Å². The molecule has 1 N–H and O–H groups in total. The Morgan fingerprint density at radius 1 is 1.50 bits per heavy atom. The number of hydrogen-bond acceptors (Lipinski definition) is 2. The minimum Gasteiger partial charge on any atom is -0.375 e. The average Bonchev–Trinajstić information content (AvgIpc) is 2.27. The number of hydrogen-bond donors (Lipinski definition) is 1. The highest BCUT2D eigenvalue weighted by Crippen LogP contribution is 2.29. The van der Waals surface area contributed by atoms with Crippen LogP contribution in [0.3, 0.4) is 0 Å². The summed E-state index contributed by atoms with van der Waals surface area (Å²) in [5.74, 6) is 0.809. The van der Waals surface area contributed by atoms with E-state index in [4.69, 9.17) is 4.74 Å². The lowest BCUT2D eigenvalue weighted by Gasteiger charge is -2.24. The van der Waals surface area contributed by atoms with Crippen molar-refractivity contribution in [1.29, 1.82) is 0 Å². The first-order valence-electron chi connectivity index (χ1n) is 4.22. The van der Waals surface area contributed by atoms with Crippen LogP contribution in [0.15, 0.2) is 0 Å². The van der Waals surface area contributed by atoms with E-state index in [0.29, 0.717) is 12.2 Å². The highest BCUT2D eigenvalue weighted by atomic mass is 16.5. The van der Waals surface area contributed by atoms with Crippen molar-refractivity contribution in [3.8, 4) is 0 Å². The molecule has 2 heteroatoms. The molecule has 0 aromatic rings. The highest BCUT2D eigenvalue weighted by Gasteiger charge is 2.34. The summed E-state index contributed by atoms with van der Waals surface area (Å²) in [7, 11) is 0. The van der Waals surface area contributed by atoms with Gasteiger partial charge < -0.3 is 10.1 Å². The van der Waals surface area contributed by atoms with Crippen LogP contribution in [0.2, 0.25) is 0 Å². The normalized spacial score (nSPS) is 47.1. The molecule has 58 valence electrons. The van der Waals surface area contributed by atoms with Crippen molar-refractivity contribution in [3.05, 3.63) is 0 Å². The summed E-state index contributed by atoms with van der Waals surface area (Å²) in [6, 6.07) is 0. The molecule has 0 aromatic carbocycles. The highest BCUT2D eigenvalue weighted by molar-refractivity contribution is 4.85. The van der Waals surface area contributed by atoms with Crippen LogP contribution < -0.4 is 5.32 Å². The molecule has 2 aliphatic heterocycles. The van der Waals surface area contributed by atoms with Crippen LogP contribution in [0, 0.1) is 5.92 Å². The minimum absolute atomic E-state index is 0.509. The zero-order valence-corrected chi connectivity index (χ0v) is 6.47. The second-order valence-electron chi connectivity index (χ2n) is 3.47. The zero-order valence-electron chi connectivity index (χ0n) is 6.47. The number of fused-ring (bicyclic) bond motifs is 1. The number of rotatable bonds is 0. The molecule has 0 radical (unpaired) electrons. The largest absolute Gasteiger partial charge is 0.375 e. The quantitative estimate of drug-likeness (QED) is 0.538. The van der Waals surface area contributed by atoms with Crippen molar-refractivity contribution >= 4 is 0 Å². The molecule has 2 heterocycles. The van der Waals surface area contributed by atoms with Gasteiger partial charge in [0.15, 0.2) is 0 Å². The second kappa shape index (κ2) is 2.51. The molecule has 0 amide bonds. The molecule has 2 fully saturated rings. The third-order valence-electron chi connectivity index (χ3n) is 2.58. The fourth-order valence-corrected chi connectivity index (χ4v) is 2.09. The van der Waals surface area contributed by atoms with Gasteiger partial charge in [0.05, 0.1) is 12.2 Å². The minimum atomic E-state index is 0.509. The predicted octanol–water partition coefficient (Wildman–Crippen LogP) is 0.773. The first-order valence-corrected chi connectivity index (χ1v) is 4.22. The van der Waals surface area contributed by atoms with E-state index in [1.165, 1.54) is 19.4 Å². The monoisotopic (exact) mass is 141 g/mol. The SMILES string of the molecule is C[C@@H]1C[C@@H]2CNCC[C@H]2O1. The lowest BCUT2D eigenvalue weighted by Crippen LogP contribution is -2.37. The molecule has 0 unspecified atom stereocenters. The van der Waals surface area contributed by atoms with Crippen molar-refractivity contribution in [3.63, 3.8) is 0 Å². The Kier molecular flexibility index (Phi) is 1.66. The van der Waals surface area contributed by atoms with Crippen LogP contribution in [-0.4, -0.2) is 25.3 Å². The third kappa shape index (κ3) is 1.06. The van der Waals surface area contributed by atoms with Crippen LogP contribution >= 0.6 is 0 Å². The molecule has 0 aliphatic carbocycles. The second-order valence-corrected chi connectivity index (χ2v) is 3.47. The van der Waals surface area contributed by atoms with Gasteiger partial charge in [-0.3, -0.25) is 0 Å². The van der Waals surface area contributed by atoms with Gasteiger partial charge >= 0.3 is 0 Å². The number of piperidine rings is 1. The van der Waals surface area contributed by atoms with E-state index in [-0.39, 0.29) is 0 Å². The lowest BCUT2D eigenvalue weighted by molar-refractivity contribution is 0.0312. The Balaban J connectivity index is 1.97. The van der Waals surface area contributed by atoms with Gasteiger partial charge in [-0.2, -0.15) is 0 Å². The van der Waals surface area contributed by atoms with Crippen molar-refractivity contribution in [2.75, 3.05) is 13.1 Å². The van der Waals surface area contributed by atoms with Gasteiger partial charge in [0.25, 0.3) is 0 Å². The fourth-order valence-electron chi connectivity index (χ4n) is 2.09. The Labute approximate surface area is 61.9 Å². The van der Waals surface area contributed by atoms with Crippen molar-refractivity contribution < 1.29 is 4.74 Å². The molecular formula is C8H15NO. The summed E-state index contributed by atoms with van der Waals surface area (Å²) < 4.78 is 5.73. The maximum Gasteiger partial charge on any atom is 0.0632 e. The summed E-state index contributed by atoms with van der Waals surface area (Å²) in [5.41, 5.74) is 0. The van der Waals surface area contributed by atoms with Crippen LogP contribution in [-0.2, 0) is 4.74 Å². The fraction of sp³-hybridized carbons (Fsp3) is 1.00. The summed E-state index contributed by atoms with van der Waals surface area (Å²) in [6.45, 7) is 4.50. The topological polar surface area (TPSA) is 21.3 Å². The van der Waals surface area contributed by atoms with Crippen LogP contribution in [0.1, 0.15) is 19.8 Å². The molecule has 10 heavy (non-hydrogen) atoms. The maximum atomic E-state index is 5.73. The summed E-state index contributed by atoms with van der Waals surface area (Å²) in [6.07, 6.45) is 3.57. The van der Waals surface area contributed by atoms with Crippen molar-refractivity contribution in [2.24, 2.45) is 5.92 Å². The lowest BCUT2D eigenvalue weighted by atomic mass is 9.95. The van der Waals surface area contributed by atoms with E-state index < -0.39 is 0 Å². The number of nitrogens with one attached hydrogen (secondary N) is 1. The summed E-state index contributed by atoms with van der Waals surface area (Å²) >= 11 is 0. The Morgan fingerprint density at radius 2 is 2.40 bits per heavy atom. The molecule has 2 saturated heterocycles. The predicted molar refractivity (Wildman–Crippen MR) is 39.9 cm³/mol. The van der Waals surface area contributed by atoms with E-state index >= 15 is 0 Å². The van der Waals surface area contributed by atoms with Crippen LogP contribution in [0.5, 0.6) is 0 Å². The molecule has 2 rings (SSSR count). The van der Waals surface area contributed by atoms with E-state index in [1.807, 2.05) is 0 Å². The van der Waals surface area contributed by atoms with Gasteiger partial charge in [0.2, 0.25) is 0 Å². The van der Waals surface area contributed by atoms with Crippen molar-refractivity contribution in [1.82, 2.24) is 5.32 Å².